The van der Waals surface area contributed by atoms with E-state index in [0.717, 1.165) is 44.5 Å². The van der Waals surface area contributed by atoms with Crippen molar-refractivity contribution >= 4 is 11.7 Å². The molecule has 0 bridgehead atoms. The lowest BCUT2D eigenvalue weighted by Gasteiger charge is -2.32. The average molecular weight is 327 g/mol. The number of rotatable bonds is 5. The number of nitrogens with one attached hydrogen (secondary N) is 1. The first-order valence-corrected chi connectivity index (χ1v) is 8.58. The Bertz CT molecular complexity index is 698. The molecule has 2 aromatic heterocycles. The number of nitrogens with zero attached hydrogens (tertiary/aromatic N) is 4. The van der Waals surface area contributed by atoms with Crippen LogP contribution in [0.15, 0.2) is 28.9 Å². The first-order valence-electron chi connectivity index (χ1n) is 8.58. The molecule has 0 spiro atoms. The minimum Gasteiger partial charge on any atom is -0.338 e. The van der Waals surface area contributed by atoms with Crippen molar-refractivity contribution in [1.29, 1.82) is 0 Å². The predicted molar refractivity (Wildman–Crippen MR) is 87.3 cm³/mol. The summed E-state index contributed by atoms with van der Waals surface area (Å²) in [7, 11) is 0. The van der Waals surface area contributed by atoms with Crippen molar-refractivity contribution in [3.8, 4) is 0 Å². The maximum absolute atomic E-state index is 12.3. The van der Waals surface area contributed by atoms with E-state index in [1.807, 2.05) is 12.1 Å². The number of hydrogen-bond donors (Lipinski definition) is 1. The Morgan fingerprint density at radius 2 is 2.21 bits per heavy atom. The smallest absolute Gasteiger partial charge is 0.244 e. The zero-order chi connectivity index (χ0) is 16.4. The second-order valence-corrected chi connectivity index (χ2v) is 6.51. The van der Waals surface area contributed by atoms with Gasteiger partial charge in [-0.2, -0.15) is 4.98 Å². The fraction of sp³-hybridized carbons (Fsp3) is 0.529. The summed E-state index contributed by atoms with van der Waals surface area (Å²) < 4.78 is 5.49. The molecule has 7 nitrogen and oxygen atoms in total. The SMILES string of the molecule is O=C(CN1CCCC[C@H]1c1nc(C2CC2)no1)Nc1ccccn1. The second kappa shape index (κ2) is 6.68. The molecule has 1 N–H and O–H groups in total. The van der Waals surface area contributed by atoms with Crippen molar-refractivity contribution in [2.45, 2.75) is 44.1 Å². The van der Waals surface area contributed by atoms with Gasteiger partial charge in [0.25, 0.3) is 0 Å². The van der Waals surface area contributed by atoms with Crippen LogP contribution < -0.4 is 5.32 Å². The second-order valence-electron chi connectivity index (χ2n) is 6.51. The third-order valence-electron chi connectivity index (χ3n) is 4.58. The van der Waals surface area contributed by atoms with Gasteiger partial charge in [-0.15, -0.1) is 0 Å². The van der Waals surface area contributed by atoms with E-state index in [1.165, 1.54) is 0 Å². The highest BCUT2D eigenvalue weighted by molar-refractivity contribution is 5.91. The van der Waals surface area contributed by atoms with E-state index in [1.54, 1.807) is 12.3 Å². The molecule has 0 unspecified atom stereocenters. The van der Waals surface area contributed by atoms with Crippen LogP contribution in [0.5, 0.6) is 0 Å². The van der Waals surface area contributed by atoms with E-state index >= 15 is 0 Å². The Balaban J connectivity index is 1.42. The van der Waals surface area contributed by atoms with Crippen LogP contribution in [0.2, 0.25) is 0 Å². The van der Waals surface area contributed by atoms with Crippen molar-refractivity contribution in [2.75, 3.05) is 18.4 Å². The fourth-order valence-corrected chi connectivity index (χ4v) is 3.15. The highest BCUT2D eigenvalue weighted by atomic mass is 16.5. The van der Waals surface area contributed by atoms with Gasteiger partial charge in [0.1, 0.15) is 5.82 Å². The quantitative estimate of drug-likeness (QED) is 0.908. The van der Waals surface area contributed by atoms with Gasteiger partial charge in [-0.05, 0) is 44.4 Å². The normalized spacial score (nSPS) is 21.6. The molecule has 1 aliphatic heterocycles. The number of likely N-dealkylation sites (tertiary alicyclic amines) is 1. The summed E-state index contributed by atoms with van der Waals surface area (Å²) in [5.74, 6) is 2.47. The van der Waals surface area contributed by atoms with Gasteiger partial charge in [-0.1, -0.05) is 17.6 Å². The monoisotopic (exact) mass is 327 g/mol. The highest BCUT2D eigenvalue weighted by Gasteiger charge is 2.33. The lowest BCUT2D eigenvalue weighted by molar-refractivity contribution is -0.118. The number of anilines is 1. The van der Waals surface area contributed by atoms with E-state index in [4.69, 9.17) is 4.52 Å². The molecule has 0 aromatic carbocycles. The number of pyridine rings is 1. The molecular weight excluding hydrogens is 306 g/mol. The summed E-state index contributed by atoms with van der Waals surface area (Å²) in [5, 5.41) is 6.95. The molecule has 7 heteroatoms. The van der Waals surface area contributed by atoms with Gasteiger partial charge in [0.05, 0.1) is 12.6 Å². The van der Waals surface area contributed by atoms with Crippen LogP contribution in [-0.4, -0.2) is 39.0 Å². The fourth-order valence-electron chi connectivity index (χ4n) is 3.15. The molecule has 3 heterocycles. The number of piperidine rings is 1. The van der Waals surface area contributed by atoms with E-state index in [9.17, 15) is 4.79 Å². The van der Waals surface area contributed by atoms with E-state index in [0.29, 0.717) is 24.2 Å². The largest absolute Gasteiger partial charge is 0.338 e. The summed E-state index contributed by atoms with van der Waals surface area (Å²) in [5.41, 5.74) is 0. The number of hydrogen-bond acceptors (Lipinski definition) is 6. The molecule has 24 heavy (non-hydrogen) atoms. The van der Waals surface area contributed by atoms with Crippen molar-refractivity contribution in [3.63, 3.8) is 0 Å². The van der Waals surface area contributed by atoms with Crippen LogP contribution in [-0.2, 0) is 4.79 Å². The summed E-state index contributed by atoms with van der Waals surface area (Å²) in [6.07, 6.45) is 7.11. The van der Waals surface area contributed by atoms with Crippen LogP contribution in [0.1, 0.15) is 55.8 Å². The summed E-state index contributed by atoms with van der Waals surface area (Å²) in [6.45, 7) is 1.17. The molecule has 1 saturated heterocycles. The predicted octanol–water partition coefficient (Wildman–Crippen LogP) is 2.51. The zero-order valence-corrected chi connectivity index (χ0v) is 13.5. The molecule has 2 aliphatic rings. The third kappa shape index (κ3) is 3.46. The summed E-state index contributed by atoms with van der Waals surface area (Å²) in [6, 6.07) is 5.49. The third-order valence-corrected chi connectivity index (χ3v) is 4.58. The molecule has 4 rings (SSSR count). The van der Waals surface area contributed by atoms with Gasteiger partial charge >= 0.3 is 0 Å². The van der Waals surface area contributed by atoms with Gasteiger partial charge in [0.2, 0.25) is 11.8 Å². The van der Waals surface area contributed by atoms with Gasteiger partial charge in [-0.3, -0.25) is 9.69 Å². The number of amides is 1. The zero-order valence-electron chi connectivity index (χ0n) is 13.5. The number of carbonyl (C=O) groups is 1. The Morgan fingerprint density at radius 3 is 3.00 bits per heavy atom. The van der Waals surface area contributed by atoms with Gasteiger partial charge in [0, 0.05) is 12.1 Å². The minimum absolute atomic E-state index is 0.0354. The molecule has 1 atom stereocenters. The average Bonchev–Trinajstić information content (AvgIpc) is 3.34. The standard InChI is InChI=1S/C17H21N5O2/c23-15(19-14-6-1-3-9-18-14)11-22-10-4-2-5-13(22)17-20-16(21-24-17)12-7-8-12/h1,3,6,9,12-13H,2,4-5,7-8,10-11H2,(H,18,19,23)/t13-/m0/s1. The maximum Gasteiger partial charge on any atom is 0.244 e. The van der Waals surface area contributed by atoms with E-state index < -0.39 is 0 Å². The number of aromatic nitrogens is 3. The van der Waals surface area contributed by atoms with Crippen molar-refractivity contribution in [1.82, 2.24) is 20.0 Å². The minimum atomic E-state index is -0.0671. The molecule has 1 saturated carbocycles. The van der Waals surface area contributed by atoms with Crippen LogP contribution in [0.4, 0.5) is 5.82 Å². The summed E-state index contributed by atoms with van der Waals surface area (Å²) in [4.78, 5) is 23.2. The van der Waals surface area contributed by atoms with E-state index in [2.05, 4.69) is 25.3 Å². The summed E-state index contributed by atoms with van der Waals surface area (Å²) >= 11 is 0. The van der Waals surface area contributed by atoms with Crippen LogP contribution >= 0.6 is 0 Å². The topological polar surface area (TPSA) is 84.2 Å². The van der Waals surface area contributed by atoms with Crippen LogP contribution in [0.3, 0.4) is 0 Å². The Morgan fingerprint density at radius 1 is 1.29 bits per heavy atom. The van der Waals surface area contributed by atoms with Gasteiger partial charge in [-0.25, -0.2) is 4.98 Å². The maximum atomic E-state index is 12.3. The molecule has 2 fully saturated rings. The lowest BCUT2D eigenvalue weighted by atomic mass is 10.0. The van der Waals surface area contributed by atoms with Gasteiger partial charge in [0.15, 0.2) is 5.82 Å². The Labute approximate surface area is 140 Å². The Hall–Kier alpha value is -2.28. The molecule has 1 aliphatic carbocycles. The highest BCUT2D eigenvalue weighted by Crippen LogP contribution is 2.39. The molecular formula is C17H21N5O2. The first kappa shape index (κ1) is 15.3. The van der Waals surface area contributed by atoms with Crippen molar-refractivity contribution in [2.24, 2.45) is 0 Å². The van der Waals surface area contributed by atoms with Gasteiger partial charge < -0.3 is 9.84 Å². The van der Waals surface area contributed by atoms with Crippen molar-refractivity contribution < 1.29 is 9.32 Å². The Kier molecular flexibility index (Phi) is 4.25. The van der Waals surface area contributed by atoms with E-state index in [-0.39, 0.29) is 11.9 Å². The molecule has 2 aromatic rings. The van der Waals surface area contributed by atoms with Crippen LogP contribution in [0.25, 0.3) is 0 Å². The first-order chi connectivity index (χ1) is 11.8. The lowest BCUT2D eigenvalue weighted by Crippen LogP contribution is -2.39. The molecule has 126 valence electrons. The molecule has 1 amide bonds. The van der Waals surface area contributed by atoms with Crippen molar-refractivity contribution in [3.05, 3.63) is 36.1 Å². The number of carbonyl (C=O) groups excluding carboxylic acids is 1. The van der Waals surface area contributed by atoms with Crippen LogP contribution in [0, 0.1) is 0 Å². The molecule has 0 radical (unpaired) electrons.